The van der Waals surface area contributed by atoms with Crippen molar-refractivity contribution in [3.8, 4) is 0 Å². The van der Waals surface area contributed by atoms with Crippen molar-refractivity contribution >= 4 is 47.8 Å². The van der Waals surface area contributed by atoms with E-state index in [0.29, 0.717) is 0 Å². The summed E-state index contributed by atoms with van der Waals surface area (Å²) in [5, 5.41) is 3.08. The second-order valence-corrected chi connectivity index (χ2v) is 15.3. The Labute approximate surface area is 398 Å². The summed E-state index contributed by atoms with van der Waals surface area (Å²) in [5.41, 5.74) is 5.40. The van der Waals surface area contributed by atoms with Crippen LogP contribution in [0.25, 0.3) is 0 Å². The molecular formula is C55H76Br3N3+2. The number of hydrogen-bond acceptors (Lipinski definition) is 1. The summed E-state index contributed by atoms with van der Waals surface area (Å²) in [5.74, 6) is 0. The lowest BCUT2D eigenvalue weighted by Gasteiger charge is -1.95. The molecular weight excluding hydrogens is 942 g/mol. The number of aryl methyl sites for hydroxylation is 1. The molecule has 0 amide bonds. The Hall–Kier alpha value is -4.23. The summed E-state index contributed by atoms with van der Waals surface area (Å²) in [6, 6.07) is 59.6. The van der Waals surface area contributed by atoms with Crippen molar-refractivity contribution in [2.75, 3.05) is 10.7 Å². The van der Waals surface area contributed by atoms with Crippen LogP contribution in [0.2, 0.25) is 0 Å². The molecule has 4 aromatic carbocycles. The zero-order chi connectivity index (χ0) is 44.6. The molecule has 3 nitrogen and oxygen atoms in total. The summed E-state index contributed by atoms with van der Waals surface area (Å²) >= 11 is 9.65. The average molecular weight is 1020 g/mol. The molecule has 0 spiro atoms. The lowest BCUT2D eigenvalue weighted by molar-refractivity contribution is -0.688. The normalized spacial score (nSPS) is 8.56. The largest absolute Gasteiger partial charge is 0.265 e. The smallest absolute Gasteiger partial charge is 0.173 e. The van der Waals surface area contributed by atoms with E-state index in [-0.39, 0.29) is 7.43 Å². The number of rotatable bonds is 6. The van der Waals surface area contributed by atoms with Gasteiger partial charge in [0.15, 0.2) is 37.9 Å². The molecule has 0 saturated carbocycles. The Kier molecular flexibility index (Phi) is 50.2. The average Bonchev–Trinajstić information content (AvgIpc) is 3.31. The molecule has 0 unspecified atom stereocenters. The third-order valence-electron chi connectivity index (χ3n) is 6.79. The summed E-state index contributed by atoms with van der Waals surface area (Å²) in [4.78, 5) is 3.78. The van der Waals surface area contributed by atoms with E-state index in [1.165, 1.54) is 35.1 Å². The standard InChI is InChI=1S/2C12H12N.C8H10.C7H7Br.C5H5N.2C3H8.2C2H5Br.CH4/c2*1-3-7-12(8-4-1)11-13-9-5-2-6-10-13;1-2-8-6-4-3-5-7-8;8-6-7-4-2-1-3-5-7;1-2-4-6-5-3-1;2*1-3-2;2*1-2-3;/h2*1-10H,11H2;3-7H,2H2,1H3;1-5H,6H2;1-5H;2*3H2,1-2H3;2*2H2,1H3;1H4/q2*+1;;;;;;;;. The molecule has 7 aromatic rings. The first-order valence-corrected chi connectivity index (χ1v) is 24.4. The Morgan fingerprint density at radius 3 is 0.803 bits per heavy atom. The summed E-state index contributed by atoms with van der Waals surface area (Å²) in [6.07, 6.45) is 15.4. The Morgan fingerprint density at radius 2 is 0.607 bits per heavy atom. The van der Waals surface area contributed by atoms with Crippen LogP contribution in [-0.2, 0) is 24.8 Å². The lowest BCUT2D eigenvalue weighted by Crippen LogP contribution is -2.32. The molecule has 0 aliphatic rings. The zero-order valence-corrected chi connectivity index (χ0v) is 42.1. The van der Waals surface area contributed by atoms with Gasteiger partial charge >= 0.3 is 0 Å². The van der Waals surface area contributed by atoms with Crippen molar-refractivity contribution in [2.45, 2.75) is 93.6 Å². The SMILES string of the molecule is BrCc1ccccc1.C.CCBr.CCBr.CCC.CCC.CCc1ccccc1.c1ccc(C[n+]2ccccc2)cc1.c1ccc(C[n+]2ccccc2)cc1.c1ccncc1. The number of aromatic nitrogens is 3. The van der Waals surface area contributed by atoms with Gasteiger partial charge in [-0.3, -0.25) is 4.98 Å². The zero-order valence-electron chi connectivity index (χ0n) is 37.3. The summed E-state index contributed by atoms with van der Waals surface area (Å²) in [6.45, 7) is 16.6. The van der Waals surface area contributed by atoms with E-state index in [1.807, 2.05) is 105 Å². The predicted octanol–water partition coefficient (Wildman–Crippen LogP) is 16.2. The minimum absolute atomic E-state index is 0. The van der Waals surface area contributed by atoms with Crippen molar-refractivity contribution in [3.63, 3.8) is 0 Å². The highest BCUT2D eigenvalue weighted by Crippen LogP contribution is 2.02. The first-order chi connectivity index (χ1) is 29.4. The molecule has 7 rings (SSSR count). The second-order valence-electron chi connectivity index (χ2n) is 12.5. The van der Waals surface area contributed by atoms with E-state index in [4.69, 9.17) is 0 Å². The van der Waals surface area contributed by atoms with Gasteiger partial charge in [-0.15, -0.1) is 0 Å². The van der Waals surface area contributed by atoms with Crippen LogP contribution >= 0.6 is 47.8 Å². The molecule has 0 bridgehead atoms. The van der Waals surface area contributed by atoms with Crippen molar-refractivity contribution in [3.05, 3.63) is 235 Å². The van der Waals surface area contributed by atoms with Gasteiger partial charge in [0.05, 0.1) is 0 Å². The van der Waals surface area contributed by atoms with Gasteiger partial charge in [-0.1, -0.05) is 256 Å². The summed E-state index contributed by atoms with van der Waals surface area (Å²) < 4.78 is 4.32. The van der Waals surface area contributed by atoms with Gasteiger partial charge in [-0.25, -0.2) is 9.13 Å². The van der Waals surface area contributed by atoms with E-state index < -0.39 is 0 Å². The first-order valence-electron chi connectivity index (χ1n) is 21.0. The fraction of sp³-hybridized carbons (Fsp3) is 0.291. The van der Waals surface area contributed by atoms with Gasteiger partial charge in [0, 0.05) is 63.8 Å². The number of benzene rings is 4. The maximum Gasteiger partial charge on any atom is 0.173 e. The van der Waals surface area contributed by atoms with E-state index in [1.54, 1.807) is 12.4 Å². The molecule has 61 heavy (non-hydrogen) atoms. The number of nitrogens with zero attached hydrogens (tertiary/aromatic N) is 3. The molecule has 330 valence electrons. The molecule has 0 N–H and O–H groups in total. The topological polar surface area (TPSA) is 20.6 Å². The van der Waals surface area contributed by atoms with Gasteiger partial charge in [0.25, 0.3) is 0 Å². The highest BCUT2D eigenvalue weighted by molar-refractivity contribution is 9.09. The lowest BCUT2D eigenvalue weighted by atomic mass is 10.2. The third-order valence-corrected chi connectivity index (χ3v) is 7.43. The highest BCUT2D eigenvalue weighted by Gasteiger charge is 1.99. The van der Waals surface area contributed by atoms with Crippen LogP contribution in [0.5, 0.6) is 0 Å². The minimum atomic E-state index is 0. The van der Waals surface area contributed by atoms with Crippen molar-refractivity contribution in [1.29, 1.82) is 0 Å². The summed E-state index contributed by atoms with van der Waals surface area (Å²) in [7, 11) is 0. The molecule has 0 aliphatic carbocycles. The molecule has 0 atom stereocenters. The fourth-order valence-corrected chi connectivity index (χ4v) is 4.64. The third kappa shape index (κ3) is 42.3. The van der Waals surface area contributed by atoms with Crippen LogP contribution in [0.4, 0.5) is 0 Å². The predicted molar refractivity (Wildman–Crippen MR) is 281 cm³/mol. The number of hydrogen-bond donors (Lipinski definition) is 0. The minimum Gasteiger partial charge on any atom is -0.265 e. The van der Waals surface area contributed by atoms with Crippen LogP contribution in [-0.4, -0.2) is 15.6 Å². The molecule has 0 fully saturated rings. The van der Waals surface area contributed by atoms with E-state index in [2.05, 4.69) is 206 Å². The monoisotopic (exact) mass is 1020 g/mol. The van der Waals surface area contributed by atoms with Gasteiger partial charge in [0.2, 0.25) is 0 Å². The highest BCUT2D eigenvalue weighted by atomic mass is 79.9. The maximum absolute atomic E-state index is 3.78. The first kappa shape index (κ1) is 61.1. The molecule has 0 radical (unpaired) electrons. The van der Waals surface area contributed by atoms with Crippen LogP contribution in [0.3, 0.4) is 0 Å². The van der Waals surface area contributed by atoms with Crippen molar-refractivity contribution in [1.82, 2.24) is 4.98 Å². The molecule has 0 saturated heterocycles. The fourth-order valence-electron chi connectivity index (χ4n) is 4.26. The number of pyridine rings is 3. The Bertz CT molecular complexity index is 1540. The second kappa shape index (κ2) is 50.1. The number of alkyl halides is 3. The van der Waals surface area contributed by atoms with E-state index in [0.717, 1.165) is 35.5 Å². The quantitative estimate of drug-likeness (QED) is 0.120. The van der Waals surface area contributed by atoms with Gasteiger partial charge < -0.3 is 0 Å². The Morgan fingerprint density at radius 1 is 0.361 bits per heavy atom. The van der Waals surface area contributed by atoms with Crippen molar-refractivity contribution < 1.29 is 9.13 Å². The van der Waals surface area contributed by atoms with Gasteiger partial charge in [-0.2, -0.15) is 0 Å². The van der Waals surface area contributed by atoms with Crippen molar-refractivity contribution in [2.24, 2.45) is 0 Å². The van der Waals surface area contributed by atoms with Crippen LogP contribution in [0, 0.1) is 0 Å². The van der Waals surface area contributed by atoms with Crippen LogP contribution in [0.1, 0.15) is 91.0 Å². The Balaban J connectivity index is -0.000000657. The van der Waals surface area contributed by atoms with E-state index in [9.17, 15) is 0 Å². The molecule has 3 heterocycles. The van der Waals surface area contributed by atoms with Crippen LogP contribution < -0.4 is 9.13 Å². The van der Waals surface area contributed by atoms with Gasteiger partial charge in [-0.05, 0) is 29.7 Å². The van der Waals surface area contributed by atoms with Crippen LogP contribution in [0.15, 0.2) is 213 Å². The van der Waals surface area contributed by atoms with E-state index >= 15 is 0 Å². The molecule has 6 heteroatoms. The molecule has 0 aliphatic heterocycles. The maximum atomic E-state index is 3.78. The molecule has 3 aromatic heterocycles. The number of halogens is 3. The van der Waals surface area contributed by atoms with Gasteiger partial charge in [0.1, 0.15) is 0 Å².